The van der Waals surface area contributed by atoms with Crippen molar-refractivity contribution in [2.75, 3.05) is 26.7 Å². The highest BCUT2D eigenvalue weighted by molar-refractivity contribution is 7.09. The van der Waals surface area contributed by atoms with Crippen LogP contribution in [0.5, 0.6) is 0 Å². The van der Waals surface area contributed by atoms with Crippen LogP contribution in [-0.2, 0) is 13.1 Å². The molecule has 0 spiro atoms. The van der Waals surface area contributed by atoms with E-state index in [1.54, 1.807) is 11.3 Å². The van der Waals surface area contributed by atoms with Crippen molar-refractivity contribution in [2.45, 2.75) is 58.8 Å². The highest BCUT2D eigenvalue weighted by Crippen LogP contribution is 2.16. The Balaban J connectivity index is 1.85. The molecule has 0 aromatic carbocycles. The second-order valence-electron chi connectivity index (χ2n) is 7.11. The van der Waals surface area contributed by atoms with Crippen LogP contribution < -0.4 is 5.32 Å². The third-order valence-electron chi connectivity index (χ3n) is 4.09. The van der Waals surface area contributed by atoms with E-state index in [-0.39, 0.29) is 5.54 Å². The number of thiazole rings is 1. The molecule has 4 nitrogen and oxygen atoms in total. The molecular formula is C16H30N4S. The van der Waals surface area contributed by atoms with Crippen molar-refractivity contribution < 1.29 is 0 Å². The molecule has 0 aliphatic carbocycles. The Morgan fingerprint density at radius 1 is 1.38 bits per heavy atom. The van der Waals surface area contributed by atoms with Crippen LogP contribution in [0.3, 0.4) is 0 Å². The molecule has 0 bridgehead atoms. The largest absolute Gasteiger partial charge is 0.306 e. The molecule has 1 fully saturated rings. The van der Waals surface area contributed by atoms with E-state index in [0.717, 1.165) is 19.6 Å². The molecular weight excluding hydrogens is 280 g/mol. The zero-order valence-electron chi connectivity index (χ0n) is 14.1. The first kappa shape index (κ1) is 16.9. The molecule has 0 amide bonds. The van der Waals surface area contributed by atoms with Crippen molar-refractivity contribution in [3.8, 4) is 0 Å². The lowest BCUT2D eigenvalue weighted by Gasteiger charge is -2.38. The van der Waals surface area contributed by atoms with E-state index in [1.165, 1.54) is 30.2 Å². The van der Waals surface area contributed by atoms with Crippen LogP contribution in [-0.4, -0.2) is 53.0 Å². The van der Waals surface area contributed by atoms with Gasteiger partial charge in [0, 0.05) is 49.7 Å². The third-order valence-corrected chi connectivity index (χ3v) is 4.98. The minimum Gasteiger partial charge on any atom is -0.306 e. The quantitative estimate of drug-likeness (QED) is 0.906. The first-order chi connectivity index (χ1) is 9.87. The van der Waals surface area contributed by atoms with Crippen LogP contribution in [0.1, 0.15) is 44.8 Å². The van der Waals surface area contributed by atoms with Crippen LogP contribution in [0.15, 0.2) is 5.38 Å². The second-order valence-corrected chi connectivity index (χ2v) is 8.06. The second kappa shape index (κ2) is 7.18. The maximum Gasteiger partial charge on any atom is 0.107 e. The molecule has 5 heteroatoms. The van der Waals surface area contributed by atoms with Gasteiger partial charge in [-0.05, 0) is 34.2 Å². The van der Waals surface area contributed by atoms with E-state index in [4.69, 9.17) is 4.98 Å². The van der Waals surface area contributed by atoms with E-state index >= 15 is 0 Å². The minimum absolute atomic E-state index is 0.150. The van der Waals surface area contributed by atoms with Gasteiger partial charge in [0.1, 0.15) is 5.01 Å². The van der Waals surface area contributed by atoms with Crippen molar-refractivity contribution in [2.24, 2.45) is 0 Å². The average Bonchev–Trinajstić information content (AvgIpc) is 2.85. The van der Waals surface area contributed by atoms with Gasteiger partial charge in [-0.15, -0.1) is 11.3 Å². The highest BCUT2D eigenvalue weighted by atomic mass is 32.1. The van der Waals surface area contributed by atoms with Crippen LogP contribution in [0.2, 0.25) is 0 Å². The number of likely N-dealkylation sites (N-methyl/N-ethyl adjacent to an activating group) is 1. The lowest BCUT2D eigenvalue weighted by molar-refractivity contribution is 0.0876. The molecule has 1 unspecified atom stereocenters. The summed E-state index contributed by atoms with van der Waals surface area (Å²) in [6.45, 7) is 14.2. The Morgan fingerprint density at radius 2 is 2.14 bits per heavy atom. The summed E-state index contributed by atoms with van der Waals surface area (Å²) in [5.41, 5.74) is 1.38. The molecule has 0 radical (unpaired) electrons. The number of nitrogens with one attached hydrogen (secondary N) is 1. The van der Waals surface area contributed by atoms with Gasteiger partial charge in [0.05, 0.1) is 5.69 Å². The summed E-state index contributed by atoms with van der Waals surface area (Å²) in [7, 11) is 2.24. The lowest BCUT2D eigenvalue weighted by Crippen LogP contribution is -2.50. The van der Waals surface area contributed by atoms with Crippen molar-refractivity contribution in [1.29, 1.82) is 0 Å². The fourth-order valence-electron chi connectivity index (χ4n) is 2.67. The number of nitrogens with zero attached hydrogens (tertiary/aromatic N) is 3. The molecule has 1 aromatic heterocycles. The maximum absolute atomic E-state index is 4.78. The molecule has 1 aromatic rings. The Hall–Kier alpha value is -0.490. The highest BCUT2D eigenvalue weighted by Gasteiger charge is 2.23. The smallest absolute Gasteiger partial charge is 0.107 e. The number of piperazine rings is 1. The number of hydrogen-bond donors (Lipinski definition) is 1. The van der Waals surface area contributed by atoms with Crippen molar-refractivity contribution >= 4 is 11.3 Å². The summed E-state index contributed by atoms with van der Waals surface area (Å²) < 4.78 is 0. The van der Waals surface area contributed by atoms with Crippen LogP contribution in [0, 0.1) is 0 Å². The van der Waals surface area contributed by atoms with Crippen molar-refractivity contribution in [3.63, 3.8) is 0 Å². The van der Waals surface area contributed by atoms with Crippen LogP contribution in [0.25, 0.3) is 0 Å². The molecule has 2 heterocycles. The first-order valence-corrected chi connectivity index (χ1v) is 8.86. The minimum atomic E-state index is 0.150. The third kappa shape index (κ3) is 5.33. The van der Waals surface area contributed by atoms with Crippen LogP contribution >= 0.6 is 11.3 Å². The molecule has 1 aliphatic rings. The monoisotopic (exact) mass is 310 g/mol. The molecule has 2 rings (SSSR count). The molecule has 1 N–H and O–H groups in total. The van der Waals surface area contributed by atoms with Gasteiger partial charge in [0.25, 0.3) is 0 Å². The average molecular weight is 311 g/mol. The fraction of sp³-hybridized carbons (Fsp3) is 0.812. The normalized spacial score (nSPS) is 21.9. The van der Waals surface area contributed by atoms with E-state index in [2.05, 4.69) is 55.2 Å². The van der Waals surface area contributed by atoms with Gasteiger partial charge in [0.2, 0.25) is 0 Å². The van der Waals surface area contributed by atoms with Crippen LogP contribution in [0.4, 0.5) is 0 Å². The van der Waals surface area contributed by atoms with Gasteiger partial charge in [0.15, 0.2) is 0 Å². The van der Waals surface area contributed by atoms with E-state index in [9.17, 15) is 0 Å². The topological polar surface area (TPSA) is 31.4 Å². The Morgan fingerprint density at radius 3 is 2.81 bits per heavy atom. The van der Waals surface area contributed by atoms with Crippen molar-refractivity contribution in [3.05, 3.63) is 16.1 Å². The summed E-state index contributed by atoms with van der Waals surface area (Å²) in [5.74, 6) is 0. The standard InChI is InChI=1S/C16H30N4S/c1-6-14-11-20(8-7-19(14)5)10-13-12-21-15(18-13)9-17-16(2,3)4/h12,14,17H,6-11H2,1-5H3. The van der Waals surface area contributed by atoms with E-state index in [1.807, 2.05) is 0 Å². The number of rotatable bonds is 5. The SMILES string of the molecule is CCC1CN(Cc2csc(CNC(C)(C)C)n2)CCN1C. The summed E-state index contributed by atoms with van der Waals surface area (Å²) in [5, 5.41) is 6.92. The predicted molar refractivity (Wildman–Crippen MR) is 90.7 cm³/mol. The summed E-state index contributed by atoms with van der Waals surface area (Å²) in [6.07, 6.45) is 1.23. The zero-order chi connectivity index (χ0) is 15.5. The summed E-state index contributed by atoms with van der Waals surface area (Å²) in [6, 6.07) is 0.694. The van der Waals surface area contributed by atoms with Crippen molar-refractivity contribution in [1.82, 2.24) is 20.1 Å². The van der Waals surface area contributed by atoms with Gasteiger partial charge < -0.3 is 10.2 Å². The summed E-state index contributed by atoms with van der Waals surface area (Å²) in [4.78, 5) is 9.81. The molecule has 1 atom stereocenters. The molecule has 120 valence electrons. The summed E-state index contributed by atoms with van der Waals surface area (Å²) >= 11 is 1.78. The van der Waals surface area contributed by atoms with Gasteiger partial charge in [-0.3, -0.25) is 4.90 Å². The zero-order valence-corrected chi connectivity index (χ0v) is 15.0. The number of aromatic nitrogens is 1. The Kier molecular flexibility index (Phi) is 5.77. The Labute approximate surface area is 133 Å². The Bertz CT molecular complexity index is 438. The van der Waals surface area contributed by atoms with E-state index in [0.29, 0.717) is 6.04 Å². The lowest BCUT2D eigenvalue weighted by atomic mass is 10.1. The molecule has 1 saturated heterocycles. The molecule has 1 aliphatic heterocycles. The van der Waals surface area contributed by atoms with Gasteiger partial charge in [-0.25, -0.2) is 4.98 Å². The molecule has 21 heavy (non-hydrogen) atoms. The van der Waals surface area contributed by atoms with Gasteiger partial charge >= 0.3 is 0 Å². The number of hydrogen-bond acceptors (Lipinski definition) is 5. The van der Waals surface area contributed by atoms with E-state index < -0.39 is 0 Å². The predicted octanol–water partition coefficient (Wildman–Crippen LogP) is 2.56. The van der Waals surface area contributed by atoms with Gasteiger partial charge in [-0.1, -0.05) is 6.92 Å². The van der Waals surface area contributed by atoms with Gasteiger partial charge in [-0.2, -0.15) is 0 Å². The first-order valence-electron chi connectivity index (χ1n) is 7.98. The molecule has 0 saturated carbocycles. The fourth-order valence-corrected chi connectivity index (χ4v) is 3.39. The maximum atomic E-state index is 4.78.